The number of rotatable bonds is 3. The molecular formula is C23H29BrF3N5O. The zero-order chi connectivity index (χ0) is 23.2. The lowest BCUT2D eigenvalue weighted by molar-refractivity contribution is -0.136. The molecule has 3 atom stereocenters. The molecule has 3 saturated carbocycles. The zero-order valence-corrected chi connectivity index (χ0v) is 20.2. The number of halogens is 4. The molecule has 0 amide bonds. The van der Waals surface area contributed by atoms with Crippen LogP contribution in [0.1, 0.15) is 63.0 Å². The van der Waals surface area contributed by atoms with Crippen LogP contribution in [0, 0.1) is 16.7 Å². The highest BCUT2D eigenvalue weighted by Crippen LogP contribution is 2.73. The number of hydrazine groups is 1. The second-order valence-corrected chi connectivity index (χ2v) is 11.8. The van der Waals surface area contributed by atoms with Crippen LogP contribution in [0.5, 0.6) is 0 Å². The van der Waals surface area contributed by atoms with E-state index in [9.17, 15) is 18.0 Å². The van der Waals surface area contributed by atoms with Crippen LogP contribution < -0.4 is 16.5 Å². The van der Waals surface area contributed by atoms with Crippen molar-refractivity contribution in [2.75, 3.05) is 13.7 Å². The molecule has 0 aromatic carbocycles. The molecule has 1 aliphatic heterocycles. The minimum Gasteiger partial charge on any atom is -0.295 e. The molecule has 0 radical (unpaired) electrons. The van der Waals surface area contributed by atoms with Gasteiger partial charge in [0, 0.05) is 28.3 Å². The molecule has 10 heteroatoms. The number of hydrogen-bond acceptors (Lipinski definition) is 4. The molecule has 180 valence electrons. The quantitative estimate of drug-likeness (QED) is 0.617. The Hall–Kier alpha value is -1.36. The molecule has 0 bridgehead atoms. The number of pyridine rings is 1. The number of nitrogens with one attached hydrogen (secondary N) is 2. The van der Waals surface area contributed by atoms with Crippen molar-refractivity contribution in [1.29, 1.82) is 0 Å². The summed E-state index contributed by atoms with van der Waals surface area (Å²) >= 11 is 3.14. The van der Waals surface area contributed by atoms with E-state index in [0.717, 1.165) is 42.8 Å². The summed E-state index contributed by atoms with van der Waals surface area (Å²) in [6.07, 6.45) is 7.40. The van der Waals surface area contributed by atoms with Gasteiger partial charge in [-0.2, -0.15) is 13.2 Å². The molecule has 1 spiro atoms. The van der Waals surface area contributed by atoms with Crippen LogP contribution in [0.3, 0.4) is 0 Å². The highest BCUT2D eigenvalue weighted by Gasteiger charge is 2.67. The van der Waals surface area contributed by atoms with Gasteiger partial charge in [0.2, 0.25) is 0 Å². The van der Waals surface area contributed by atoms with Gasteiger partial charge in [-0.3, -0.25) is 13.9 Å². The molecule has 6 nitrogen and oxygen atoms in total. The summed E-state index contributed by atoms with van der Waals surface area (Å²) in [5.74, 6) is 0.436. The van der Waals surface area contributed by atoms with Crippen molar-refractivity contribution in [3.05, 3.63) is 39.0 Å². The van der Waals surface area contributed by atoms with Crippen LogP contribution in [-0.2, 0) is 6.18 Å². The zero-order valence-electron chi connectivity index (χ0n) is 18.6. The first kappa shape index (κ1) is 22.1. The van der Waals surface area contributed by atoms with E-state index in [1.165, 1.54) is 38.1 Å². The van der Waals surface area contributed by atoms with E-state index >= 15 is 0 Å². The van der Waals surface area contributed by atoms with Gasteiger partial charge in [-0.25, -0.2) is 15.6 Å². The second kappa shape index (κ2) is 7.32. The maximum atomic E-state index is 13.7. The minimum atomic E-state index is -4.52. The number of nitrogens with zero attached hydrogens (tertiary/aromatic N) is 3. The topological polar surface area (TPSA) is 53.7 Å². The lowest BCUT2D eigenvalue weighted by Crippen LogP contribution is -2.61. The number of alkyl halides is 3. The summed E-state index contributed by atoms with van der Waals surface area (Å²) in [6, 6.07) is 0.971. The summed E-state index contributed by atoms with van der Waals surface area (Å²) in [6.45, 7) is 0.801. The van der Waals surface area contributed by atoms with Gasteiger partial charge in [0.05, 0.1) is 23.9 Å². The third-order valence-electron chi connectivity index (χ3n) is 8.83. The van der Waals surface area contributed by atoms with Crippen LogP contribution in [0.4, 0.5) is 13.2 Å². The van der Waals surface area contributed by atoms with E-state index in [1.54, 1.807) is 4.57 Å². The molecule has 2 aromatic rings. The average Bonchev–Trinajstić information content (AvgIpc) is 3.31. The fourth-order valence-corrected chi connectivity index (χ4v) is 7.67. The van der Waals surface area contributed by atoms with Crippen LogP contribution in [-0.4, -0.2) is 33.7 Å². The Balaban J connectivity index is 1.35. The van der Waals surface area contributed by atoms with E-state index in [0.29, 0.717) is 11.3 Å². The van der Waals surface area contributed by atoms with Crippen LogP contribution >= 0.6 is 15.9 Å². The van der Waals surface area contributed by atoms with Gasteiger partial charge in [-0.15, -0.1) is 0 Å². The first-order valence-electron chi connectivity index (χ1n) is 11.8. The van der Waals surface area contributed by atoms with Gasteiger partial charge >= 0.3 is 11.9 Å². The lowest BCUT2D eigenvalue weighted by Gasteiger charge is -2.59. The number of hydrogen-bond donors (Lipinski definition) is 2. The van der Waals surface area contributed by atoms with Gasteiger partial charge in [-0.05, 0) is 85.3 Å². The van der Waals surface area contributed by atoms with Gasteiger partial charge < -0.3 is 0 Å². The van der Waals surface area contributed by atoms with Crippen molar-refractivity contribution in [2.24, 2.45) is 16.7 Å². The van der Waals surface area contributed by atoms with E-state index in [-0.39, 0.29) is 33.3 Å². The fraction of sp³-hybridized carbons (Fsp3) is 0.696. The monoisotopic (exact) mass is 527 g/mol. The van der Waals surface area contributed by atoms with Gasteiger partial charge in [0.15, 0.2) is 0 Å². The van der Waals surface area contributed by atoms with E-state index in [2.05, 4.69) is 38.7 Å². The maximum Gasteiger partial charge on any atom is 0.418 e. The Kier molecular flexibility index (Phi) is 4.91. The van der Waals surface area contributed by atoms with Crippen LogP contribution in [0.15, 0.2) is 27.7 Å². The van der Waals surface area contributed by atoms with Crippen LogP contribution in [0.2, 0.25) is 0 Å². The van der Waals surface area contributed by atoms with E-state index in [4.69, 9.17) is 0 Å². The predicted molar refractivity (Wildman–Crippen MR) is 121 cm³/mol. The minimum absolute atomic E-state index is 0.0745. The van der Waals surface area contributed by atoms with E-state index < -0.39 is 11.7 Å². The summed E-state index contributed by atoms with van der Waals surface area (Å²) < 4.78 is 44.0. The molecule has 2 N–H and O–H groups in total. The molecule has 4 aliphatic rings. The average molecular weight is 528 g/mol. The Morgan fingerprint density at radius 2 is 1.94 bits per heavy atom. The maximum absolute atomic E-state index is 13.7. The Labute approximate surface area is 198 Å². The Morgan fingerprint density at radius 1 is 1.18 bits per heavy atom. The second-order valence-electron chi connectivity index (χ2n) is 10.9. The van der Waals surface area contributed by atoms with Gasteiger partial charge in [0.25, 0.3) is 0 Å². The molecule has 1 saturated heterocycles. The largest absolute Gasteiger partial charge is 0.418 e. The summed E-state index contributed by atoms with van der Waals surface area (Å²) in [5, 5.41) is 0. The number of aromatic nitrogens is 2. The fourth-order valence-electron chi connectivity index (χ4n) is 7.23. The van der Waals surface area contributed by atoms with Crippen molar-refractivity contribution in [1.82, 2.24) is 24.7 Å². The SMILES string of the molecule is CN1CNNC1C1(C2CCCC(n3cc4c(C(F)(F)F)cc(Br)cn4c3=O)C2)CC2(CC2)C1. The molecule has 3 aliphatic carbocycles. The standard InChI is InChI=1S/C23H29BrF3N5O/c1-30-13-28-29-19(30)22(11-21(12-22)5-6-21)14-3-2-4-16(7-14)31-10-18-17(23(25,26)27)8-15(24)9-32(18)20(31)33/h8-10,14,16,19,28-29H,2-7,11-13H2,1H3. The normalized spacial score (nSPS) is 31.2. The Morgan fingerprint density at radius 3 is 2.58 bits per heavy atom. The smallest absolute Gasteiger partial charge is 0.295 e. The summed E-state index contributed by atoms with van der Waals surface area (Å²) in [7, 11) is 2.14. The highest BCUT2D eigenvalue weighted by atomic mass is 79.9. The van der Waals surface area contributed by atoms with Crippen molar-refractivity contribution >= 4 is 21.4 Å². The van der Waals surface area contributed by atoms with Crippen molar-refractivity contribution in [3.63, 3.8) is 0 Å². The predicted octanol–water partition coefficient (Wildman–Crippen LogP) is 4.50. The number of imidazole rings is 1. The third kappa shape index (κ3) is 3.43. The third-order valence-corrected chi connectivity index (χ3v) is 9.27. The Bertz CT molecular complexity index is 1150. The van der Waals surface area contributed by atoms with Crippen LogP contribution in [0.25, 0.3) is 5.52 Å². The molecule has 4 fully saturated rings. The number of fused-ring (bicyclic) bond motifs is 1. The van der Waals surface area contributed by atoms with Crippen molar-refractivity contribution in [3.8, 4) is 0 Å². The molecule has 6 rings (SSSR count). The molecular weight excluding hydrogens is 499 g/mol. The highest BCUT2D eigenvalue weighted by molar-refractivity contribution is 9.10. The molecule has 3 heterocycles. The first-order valence-corrected chi connectivity index (χ1v) is 12.6. The van der Waals surface area contributed by atoms with Gasteiger partial charge in [0.1, 0.15) is 0 Å². The van der Waals surface area contributed by atoms with Crippen molar-refractivity contribution in [2.45, 2.75) is 69.8 Å². The summed E-state index contributed by atoms with van der Waals surface area (Å²) in [5.41, 5.74) is 6.21. The first-order chi connectivity index (χ1) is 15.6. The van der Waals surface area contributed by atoms with Gasteiger partial charge in [-0.1, -0.05) is 6.42 Å². The molecule has 33 heavy (non-hydrogen) atoms. The van der Waals surface area contributed by atoms with E-state index in [1.807, 2.05) is 0 Å². The summed E-state index contributed by atoms with van der Waals surface area (Å²) in [4.78, 5) is 15.6. The lowest BCUT2D eigenvalue weighted by atomic mass is 9.49. The molecule has 3 unspecified atom stereocenters. The molecule has 2 aromatic heterocycles. The van der Waals surface area contributed by atoms with Crippen molar-refractivity contribution < 1.29 is 13.2 Å².